The van der Waals surface area contributed by atoms with Crippen LogP contribution in [0.5, 0.6) is 5.75 Å². The van der Waals surface area contributed by atoms with Crippen molar-refractivity contribution in [2.45, 2.75) is 26.7 Å². The zero-order chi connectivity index (χ0) is 15.8. The lowest BCUT2D eigenvalue weighted by molar-refractivity contribution is -0.139. The summed E-state index contributed by atoms with van der Waals surface area (Å²) in [7, 11) is 0. The molecule has 0 radical (unpaired) electrons. The van der Waals surface area contributed by atoms with E-state index >= 15 is 0 Å². The third-order valence-electron chi connectivity index (χ3n) is 3.59. The van der Waals surface area contributed by atoms with Gasteiger partial charge < -0.3 is 4.74 Å². The maximum absolute atomic E-state index is 11.9. The number of hydrogen-bond donors (Lipinski definition) is 0. The summed E-state index contributed by atoms with van der Waals surface area (Å²) in [5.74, 6) is 0.425. The Hall–Kier alpha value is -2.42. The van der Waals surface area contributed by atoms with E-state index in [1.165, 1.54) is 0 Å². The van der Waals surface area contributed by atoms with Gasteiger partial charge in [0.05, 0.1) is 5.92 Å². The Balaban J connectivity index is 1.98. The summed E-state index contributed by atoms with van der Waals surface area (Å²) in [4.78, 5) is 15.9. The minimum absolute atomic E-state index is 0.0220. The fourth-order valence-electron chi connectivity index (χ4n) is 2.14. The number of esters is 1. The highest BCUT2D eigenvalue weighted by molar-refractivity contribution is 5.75. The standard InChI is InChI=1S/C19H21NO2/c1-3-17(4-2)19(21)22-18-9-7-15(8-10-18)5-6-16-11-13-20-14-12-16/h5-14,17H,3-4H2,1-2H3/b6-5+. The van der Waals surface area contributed by atoms with Crippen molar-refractivity contribution in [3.05, 3.63) is 59.9 Å². The highest BCUT2D eigenvalue weighted by Crippen LogP contribution is 2.17. The molecule has 1 aromatic heterocycles. The third kappa shape index (κ3) is 4.55. The average molecular weight is 295 g/mol. The topological polar surface area (TPSA) is 39.2 Å². The fourth-order valence-corrected chi connectivity index (χ4v) is 2.14. The molecule has 1 aromatic carbocycles. The molecule has 0 bridgehead atoms. The van der Waals surface area contributed by atoms with Gasteiger partial charge in [-0.2, -0.15) is 0 Å². The van der Waals surface area contributed by atoms with Crippen LogP contribution in [0.3, 0.4) is 0 Å². The highest BCUT2D eigenvalue weighted by Gasteiger charge is 2.16. The highest BCUT2D eigenvalue weighted by atomic mass is 16.5. The van der Waals surface area contributed by atoms with Crippen LogP contribution in [0.4, 0.5) is 0 Å². The van der Waals surface area contributed by atoms with Crippen LogP contribution in [0, 0.1) is 5.92 Å². The van der Waals surface area contributed by atoms with Crippen LogP contribution in [0.15, 0.2) is 48.8 Å². The number of aromatic nitrogens is 1. The van der Waals surface area contributed by atoms with Crippen molar-refractivity contribution in [1.29, 1.82) is 0 Å². The first-order chi connectivity index (χ1) is 10.7. The van der Waals surface area contributed by atoms with Gasteiger partial charge in [-0.05, 0) is 48.2 Å². The van der Waals surface area contributed by atoms with Crippen LogP contribution in [0.1, 0.15) is 37.8 Å². The van der Waals surface area contributed by atoms with Crippen molar-refractivity contribution in [2.24, 2.45) is 5.92 Å². The Morgan fingerprint density at radius 1 is 1.00 bits per heavy atom. The smallest absolute Gasteiger partial charge is 0.314 e. The molecular weight excluding hydrogens is 274 g/mol. The molecule has 0 aliphatic carbocycles. The molecule has 3 nitrogen and oxygen atoms in total. The number of pyridine rings is 1. The van der Waals surface area contributed by atoms with Gasteiger partial charge in [0.15, 0.2) is 0 Å². The first kappa shape index (κ1) is 16.0. The van der Waals surface area contributed by atoms with E-state index < -0.39 is 0 Å². The van der Waals surface area contributed by atoms with Gasteiger partial charge in [-0.1, -0.05) is 38.1 Å². The largest absolute Gasteiger partial charge is 0.426 e. The van der Waals surface area contributed by atoms with Gasteiger partial charge in [0.2, 0.25) is 0 Å². The lowest BCUT2D eigenvalue weighted by Crippen LogP contribution is -2.19. The van der Waals surface area contributed by atoms with E-state index in [0.29, 0.717) is 5.75 Å². The van der Waals surface area contributed by atoms with E-state index in [0.717, 1.165) is 24.0 Å². The van der Waals surface area contributed by atoms with Gasteiger partial charge in [-0.3, -0.25) is 9.78 Å². The summed E-state index contributed by atoms with van der Waals surface area (Å²) in [5, 5.41) is 0. The van der Waals surface area contributed by atoms with Crippen molar-refractivity contribution in [2.75, 3.05) is 0 Å². The van der Waals surface area contributed by atoms with Crippen LogP contribution in [0.25, 0.3) is 12.2 Å². The normalized spacial score (nSPS) is 11.0. The van der Waals surface area contributed by atoms with Gasteiger partial charge in [0.25, 0.3) is 0 Å². The van der Waals surface area contributed by atoms with Crippen LogP contribution in [-0.2, 0) is 4.79 Å². The minimum Gasteiger partial charge on any atom is -0.426 e. The van der Waals surface area contributed by atoms with Crippen LogP contribution < -0.4 is 4.74 Å². The van der Waals surface area contributed by atoms with E-state index in [1.54, 1.807) is 12.4 Å². The number of rotatable bonds is 6. The van der Waals surface area contributed by atoms with Gasteiger partial charge in [0, 0.05) is 12.4 Å². The number of benzene rings is 1. The fraction of sp³-hybridized carbons (Fsp3) is 0.263. The zero-order valence-corrected chi connectivity index (χ0v) is 13.0. The molecule has 2 aromatic rings. The molecule has 0 unspecified atom stereocenters. The predicted octanol–water partition coefficient (Wildman–Crippen LogP) is 4.59. The van der Waals surface area contributed by atoms with E-state index in [1.807, 2.05) is 62.4 Å². The van der Waals surface area contributed by atoms with E-state index in [9.17, 15) is 4.79 Å². The first-order valence-electron chi connectivity index (χ1n) is 7.62. The van der Waals surface area contributed by atoms with Gasteiger partial charge >= 0.3 is 5.97 Å². The van der Waals surface area contributed by atoms with Crippen molar-refractivity contribution in [3.8, 4) is 5.75 Å². The first-order valence-corrected chi connectivity index (χ1v) is 7.62. The SMILES string of the molecule is CCC(CC)C(=O)Oc1ccc(/C=C/c2ccncc2)cc1. The molecule has 2 rings (SSSR count). The molecule has 3 heteroatoms. The number of hydrogen-bond acceptors (Lipinski definition) is 3. The molecule has 0 saturated heterocycles. The number of nitrogens with zero attached hydrogens (tertiary/aromatic N) is 1. The maximum Gasteiger partial charge on any atom is 0.314 e. The van der Waals surface area contributed by atoms with Crippen molar-refractivity contribution in [3.63, 3.8) is 0 Å². The molecule has 0 aliphatic heterocycles. The number of carbonyl (C=O) groups excluding carboxylic acids is 1. The second kappa shape index (κ2) is 8.13. The van der Waals surface area contributed by atoms with E-state index in [4.69, 9.17) is 4.74 Å². The summed E-state index contributed by atoms with van der Waals surface area (Å²) < 4.78 is 5.40. The van der Waals surface area contributed by atoms with Gasteiger partial charge in [0.1, 0.15) is 5.75 Å². The molecule has 0 spiro atoms. The maximum atomic E-state index is 11.9. The Morgan fingerprint density at radius 3 is 2.09 bits per heavy atom. The van der Waals surface area contributed by atoms with Gasteiger partial charge in [-0.15, -0.1) is 0 Å². The lowest BCUT2D eigenvalue weighted by Gasteiger charge is -2.11. The minimum atomic E-state index is -0.148. The van der Waals surface area contributed by atoms with Crippen LogP contribution >= 0.6 is 0 Å². The molecule has 1 heterocycles. The van der Waals surface area contributed by atoms with Crippen molar-refractivity contribution < 1.29 is 9.53 Å². The van der Waals surface area contributed by atoms with Crippen LogP contribution in [-0.4, -0.2) is 11.0 Å². The molecule has 0 atom stereocenters. The third-order valence-corrected chi connectivity index (χ3v) is 3.59. The Labute approximate surface area is 131 Å². The summed E-state index contributed by atoms with van der Waals surface area (Å²) in [6.07, 6.45) is 9.18. The monoisotopic (exact) mass is 295 g/mol. The molecular formula is C19H21NO2. The molecule has 114 valence electrons. The molecule has 0 aliphatic rings. The molecule has 0 fully saturated rings. The second-order valence-corrected chi connectivity index (χ2v) is 5.12. The number of ether oxygens (including phenoxy) is 1. The Kier molecular flexibility index (Phi) is 5.90. The lowest BCUT2D eigenvalue weighted by atomic mass is 10.0. The second-order valence-electron chi connectivity index (χ2n) is 5.12. The number of carbonyl (C=O) groups is 1. The molecule has 0 N–H and O–H groups in total. The average Bonchev–Trinajstić information content (AvgIpc) is 2.56. The summed E-state index contributed by atoms with van der Waals surface area (Å²) >= 11 is 0. The van der Waals surface area contributed by atoms with Crippen molar-refractivity contribution >= 4 is 18.1 Å². The Bertz CT molecular complexity index is 614. The van der Waals surface area contributed by atoms with Crippen LogP contribution in [0.2, 0.25) is 0 Å². The summed E-state index contributed by atoms with van der Waals surface area (Å²) in [5.41, 5.74) is 2.15. The zero-order valence-electron chi connectivity index (χ0n) is 13.0. The quantitative estimate of drug-likeness (QED) is 0.578. The summed E-state index contributed by atoms with van der Waals surface area (Å²) in [6.45, 7) is 4.00. The van der Waals surface area contributed by atoms with Crippen molar-refractivity contribution in [1.82, 2.24) is 4.98 Å². The molecule has 0 saturated carbocycles. The molecule has 22 heavy (non-hydrogen) atoms. The Morgan fingerprint density at radius 2 is 1.55 bits per heavy atom. The van der Waals surface area contributed by atoms with Gasteiger partial charge in [-0.25, -0.2) is 0 Å². The van der Waals surface area contributed by atoms with E-state index in [2.05, 4.69) is 4.98 Å². The summed E-state index contributed by atoms with van der Waals surface area (Å²) in [6, 6.07) is 11.4. The molecule has 0 amide bonds. The van der Waals surface area contributed by atoms with E-state index in [-0.39, 0.29) is 11.9 Å². The predicted molar refractivity (Wildman–Crippen MR) is 89.3 cm³/mol.